The van der Waals surface area contributed by atoms with Crippen molar-refractivity contribution in [3.05, 3.63) is 131 Å². The van der Waals surface area contributed by atoms with E-state index in [0.29, 0.717) is 48.3 Å². The third-order valence-electron chi connectivity index (χ3n) is 8.33. The fraction of sp³-hybridized carbons (Fsp3) is 0.154. The zero-order valence-electron chi connectivity index (χ0n) is 25.9. The molecule has 230 valence electrons. The Labute approximate surface area is 267 Å². The van der Waals surface area contributed by atoms with Crippen LogP contribution in [0.15, 0.2) is 109 Å². The zero-order valence-corrected chi connectivity index (χ0v) is 25.9. The van der Waals surface area contributed by atoms with Gasteiger partial charge in [-0.05, 0) is 63.9 Å². The Morgan fingerprint density at radius 2 is 1.26 bits per heavy atom. The molecule has 7 heteroatoms. The fourth-order valence-electron chi connectivity index (χ4n) is 6.08. The molecular weight excluding hydrogens is 578 g/mol. The first kappa shape index (κ1) is 29.0. The van der Waals surface area contributed by atoms with Gasteiger partial charge < -0.3 is 28.6 Å². The molecule has 46 heavy (non-hydrogen) atoms. The summed E-state index contributed by atoms with van der Waals surface area (Å²) in [5, 5.41) is 3.35. The van der Waals surface area contributed by atoms with Gasteiger partial charge >= 0.3 is 0 Å². The smallest absolute Gasteiger partial charge is 0.259 e. The van der Waals surface area contributed by atoms with E-state index in [9.17, 15) is 4.79 Å². The monoisotopic (exact) mass is 611 g/mol. The summed E-state index contributed by atoms with van der Waals surface area (Å²) in [6.07, 6.45) is 0. The molecule has 0 fully saturated rings. The van der Waals surface area contributed by atoms with Gasteiger partial charge in [-0.3, -0.25) is 4.79 Å². The second-order valence-electron chi connectivity index (χ2n) is 11.1. The Hall–Kier alpha value is -5.69. The van der Waals surface area contributed by atoms with Crippen molar-refractivity contribution >= 4 is 33.1 Å². The Kier molecular flexibility index (Phi) is 7.81. The van der Waals surface area contributed by atoms with Gasteiger partial charge in [0.2, 0.25) is 5.75 Å². The second kappa shape index (κ2) is 12.4. The molecule has 6 aromatic rings. The Balaban J connectivity index is 1.40. The molecule has 0 spiro atoms. The van der Waals surface area contributed by atoms with Gasteiger partial charge in [0, 0.05) is 10.8 Å². The zero-order chi connectivity index (χ0) is 31.6. The molecule has 0 saturated carbocycles. The number of ether oxygens (including phenoxy) is 5. The van der Waals surface area contributed by atoms with Crippen LogP contribution in [-0.4, -0.2) is 27.2 Å². The molecule has 0 saturated heterocycles. The highest BCUT2D eigenvalue weighted by atomic mass is 16.5. The summed E-state index contributed by atoms with van der Waals surface area (Å²) >= 11 is 0. The molecular formula is C39H33NO6. The number of anilines is 1. The minimum Gasteiger partial charge on any atom is -0.497 e. The number of hydrogen-bond acceptors (Lipinski definition) is 6. The predicted molar refractivity (Wildman–Crippen MR) is 180 cm³/mol. The minimum atomic E-state index is -0.0947. The summed E-state index contributed by atoms with van der Waals surface area (Å²) in [7, 11) is 4.88. The second-order valence-corrected chi connectivity index (χ2v) is 11.1. The summed E-state index contributed by atoms with van der Waals surface area (Å²) in [5.74, 6) is 2.82. The van der Waals surface area contributed by atoms with Crippen LogP contribution in [0.1, 0.15) is 27.0 Å². The van der Waals surface area contributed by atoms with Gasteiger partial charge in [0.25, 0.3) is 5.91 Å². The first-order valence-electron chi connectivity index (χ1n) is 15.1. The summed E-state index contributed by atoms with van der Waals surface area (Å²) < 4.78 is 30.0. The van der Waals surface area contributed by atoms with Crippen LogP contribution in [0.2, 0.25) is 0 Å². The number of carbonyl (C=O) groups is 1. The SMILES string of the molecule is COc1ccc(CN2C(=O)c3cc(OCc4ccccc4)cc4c3c2cc2cc(OC)c(OCc3ccccc3)c(OC)c24)cc1. The molecule has 1 aliphatic heterocycles. The van der Waals surface area contributed by atoms with Crippen molar-refractivity contribution in [3.8, 4) is 28.7 Å². The van der Waals surface area contributed by atoms with Crippen molar-refractivity contribution in [1.29, 1.82) is 0 Å². The molecule has 0 N–H and O–H groups in total. The molecule has 1 aliphatic rings. The van der Waals surface area contributed by atoms with Crippen LogP contribution in [0, 0.1) is 0 Å². The van der Waals surface area contributed by atoms with Crippen molar-refractivity contribution in [1.82, 2.24) is 0 Å². The highest BCUT2D eigenvalue weighted by Gasteiger charge is 2.33. The molecule has 0 aliphatic carbocycles. The molecule has 0 unspecified atom stereocenters. The van der Waals surface area contributed by atoms with E-state index >= 15 is 0 Å². The fourth-order valence-corrected chi connectivity index (χ4v) is 6.08. The van der Waals surface area contributed by atoms with E-state index < -0.39 is 0 Å². The van der Waals surface area contributed by atoms with E-state index in [1.165, 1.54) is 0 Å². The maximum absolute atomic E-state index is 14.2. The Bertz CT molecular complexity index is 2040. The number of carbonyl (C=O) groups excluding carboxylic acids is 1. The molecule has 0 bridgehead atoms. The number of rotatable bonds is 11. The van der Waals surface area contributed by atoms with Gasteiger partial charge in [0.15, 0.2) is 11.5 Å². The van der Waals surface area contributed by atoms with Crippen molar-refractivity contribution in [2.24, 2.45) is 0 Å². The lowest BCUT2D eigenvalue weighted by Crippen LogP contribution is -2.26. The van der Waals surface area contributed by atoms with E-state index in [1.807, 2.05) is 114 Å². The number of benzene rings is 6. The molecule has 1 amide bonds. The molecule has 1 heterocycles. The van der Waals surface area contributed by atoms with Gasteiger partial charge in [-0.2, -0.15) is 0 Å². The Morgan fingerprint density at radius 3 is 1.89 bits per heavy atom. The van der Waals surface area contributed by atoms with Crippen LogP contribution in [0.4, 0.5) is 5.69 Å². The largest absolute Gasteiger partial charge is 0.497 e. The molecule has 7 nitrogen and oxygen atoms in total. The molecule has 0 radical (unpaired) electrons. The summed E-state index contributed by atoms with van der Waals surface area (Å²) in [5.41, 5.74) is 4.42. The topological polar surface area (TPSA) is 66.5 Å². The highest BCUT2D eigenvalue weighted by Crippen LogP contribution is 2.51. The number of amides is 1. The van der Waals surface area contributed by atoms with E-state index in [1.54, 1.807) is 21.3 Å². The molecule has 6 aromatic carbocycles. The van der Waals surface area contributed by atoms with Gasteiger partial charge in [-0.1, -0.05) is 72.8 Å². The van der Waals surface area contributed by atoms with Gasteiger partial charge in [0.05, 0.1) is 39.1 Å². The third-order valence-corrected chi connectivity index (χ3v) is 8.33. The van der Waals surface area contributed by atoms with Crippen LogP contribution in [0.5, 0.6) is 28.7 Å². The molecule has 0 atom stereocenters. The van der Waals surface area contributed by atoms with Crippen LogP contribution in [-0.2, 0) is 19.8 Å². The quantitative estimate of drug-likeness (QED) is 0.137. The number of hydrogen-bond donors (Lipinski definition) is 0. The van der Waals surface area contributed by atoms with Crippen LogP contribution in [0.3, 0.4) is 0 Å². The van der Waals surface area contributed by atoms with Crippen molar-refractivity contribution in [2.45, 2.75) is 19.8 Å². The summed E-state index contributed by atoms with van der Waals surface area (Å²) in [6, 6.07) is 35.5. The summed E-state index contributed by atoms with van der Waals surface area (Å²) in [6.45, 7) is 1.09. The lowest BCUT2D eigenvalue weighted by atomic mass is 9.96. The van der Waals surface area contributed by atoms with E-state index in [2.05, 4.69) is 0 Å². The van der Waals surface area contributed by atoms with Crippen LogP contribution < -0.4 is 28.6 Å². The average molecular weight is 612 g/mol. The lowest BCUT2D eigenvalue weighted by Gasteiger charge is -2.21. The van der Waals surface area contributed by atoms with Gasteiger partial charge in [-0.25, -0.2) is 0 Å². The number of nitrogens with zero attached hydrogens (tertiary/aromatic N) is 1. The van der Waals surface area contributed by atoms with Crippen molar-refractivity contribution in [2.75, 3.05) is 26.2 Å². The predicted octanol–water partition coefficient (Wildman–Crippen LogP) is 8.34. The van der Waals surface area contributed by atoms with Crippen LogP contribution in [0.25, 0.3) is 21.5 Å². The third kappa shape index (κ3) is 5.30. The normalized spacial score (nSPS) is 12.1. The molecule has 7 rings (SSSR count). The first-order valence-corrected chi connectivity index (χ1v) is 15.1. The molecule has 0 aromatic heterocycles. The standard InChI is InChI=1S/C39H33NO6/c1-42-29-16-14-25(15-17-29)22-40-33-18-28-19-34(43-2)37(46-24-27-12-8-5-9-13-27)38(44-3)35(28)31-20-30(21-32(36(31)33)39(40)41)45-23-26-10-6-4-7-11-26/h4-21H,22-24H2,1-3H3. The average Bonchev–Trinajstić information content (AvgIpc) is 3.36. The Morgan fingerprint density at radius 1 is 0.587 bits per heavy atom. The van der Waals surface area contributed by atoms with Gasteiger partial charge in [0.1, 0.15) is 24.7 Å². The highest BCUT2D eigenvalue weighted by molar-refractivity contribution is 6.31. The van der Waals surface area contributed by atoms with Gasteiger partial charge in [-0.15, -0.1) is 0 Å². The van der Waals surface area contributed by atoms with E-state index in [4.69, 9.17) is 23.7 Å². The maximum atomic E-state index is 14.2. The summed E-state index contributed by atoms with van der Waals surface area (Å²) in [4.78, 5) is 16.0. The van der Waals surface area contributed by atoms with Crippen molar-refractivity contribution in [3.63, 3.8) is 0 Å². The lowest BCUT2D eigenvalue weighted by molar-refractivity contribution is 0.0991. The van der Waals surface area contributed by atoms with Crippen LogP contribution >= 0.6 is 0 Å². The number of methoxy groups -OCH3 is 3. The minimum absolute atomic E-state index is 0.0947. The van der Waals surface area contributed by atoms with E-state index in [-0.39, 0.29) is 5.91 Å². The number of fused-ring (bicyclic) bond motifs is 2. The van der Waals surface area contributed by atoms with E-state index in [0.717, 1.165) is 49.7 Å². The first-order chi connectivity index (χ1) is 22.6. The van der Waals surface area contributed by atoms with Crippen molar-refractivity contribution < 1.29 is 28.5 Å². The maximum Gasteiger partial charge on any atom is 0.259 e.